The highest BCUT2D eigenvalue weighted by Gasteiger charge is 2.26. The van der Waals surface area contributed by atoms with Gasteiger partial charge in [0, 0.05) is 19.4 Å². The predicted octanol–water partition coefficient (Wildman–Crippen LogP) is 15.2. The maximum Gasteiger partial charge on any atom is 0.472 e. The molecule has 0 heterocycles. The predicted molar refractivity (Wildman–Crippen MR) is 266 cm³/mol. The summed E-state index contributed by atoms with van der Waals surface area (Å²) in [5, 5.41) is 0. The van der Waals surface area contributed by atoms with Crippen LogP contribution in [0.4, 0.5) is 0 Å². The molecule has 0 aliphatic rings. The lowest BCUT2D eigenvalue weighted by Gasteiger charge is -2.20. The molecule has 0 aliphatic carbocycles. The molecule has 2 unspecified atom stereocenters. The maximum absolute atomic E-state index is 12.7. The molecule has 0 aromatic heterocycles. The summed E-state index contributed by atoms with van der Waals surface area (Å²) in [6.45, 7) is 4.22. The Bertz CT molecular complexity index is 1270. The van der Waals surface area contributed by atoms with Crippen molar-refractivity contribution in [2.75, 3.05) is 40.5 Å². The molecule has 9 nitrogen and oxygen atoms in total. The minimum absolute atomic E-state index is 0.00864. The van der Waals surface area contributed by atoms with Crippen LogP contribution >= 0.6 is 7.82 Å². The first-order chi connectivity index (χ1) is 30.7. The Labute approximate surface area is 386 Å². The van der Waals surface area contributed by atoms with Crippen molar-refractivity contribution in [3.8, 4) is 0 Å². The summed E-state index contributed by atoms with van der Waals surface area (Å²) in [6.07, 6.45) is 58.3. The first-order valence-corrected chi connectivity index (χ1v) is 26.7. The van der Waals surface area contributed by atoms with E-state index in [1.165, 1.54) is 128 Å². The third-order valence-electron chi connectivity index (χ3n) is 10.5. The summed E-state index contributed by atoms with van der Waals surface area (Å²) < 4.78 is 33.5. The number of esters is 2. The van der Waals surface area contributed by atoms with Gasteiger partial charge in [0.05, 0.1) is 13.2 Å². The molecule has 0 amide bonds. The van der Waals surface area contributed by atoms with Crippen LogP contribution < -0.4 is 0 Å². The van der Waals surface area contributed by atoms with Gasteiger partial charge in [0.1, 0.15) is 6.61 Å². The number of carbonyl (C=O) groups excluding carboxylic acids is 2. The number of hydrogen-bond donors (Lipinski definition) is 1. The van der Waals surface area contributed by atoms with Gasteiger partial charge in [-0.3, -0.25) is 18.6 Å². The number of unbranched alkanes of at least 4 members (excludes halogenated alkanes) is 20. The van der Waals surface area contributed by atoms with Crippen LogP contribution in [0, 0.1) is 0 Å². The fourth-order valence-electron chi connectivity index (χ4n) is 6.61. The Morgan fingerprint density at radius 2 is 0.889 bits per heavy atom. The second kappa shape index (κ2) is 47.4. The summed E-state index contributed by atoms with van der Waals surface area (Å²) >= 11 is 0. The molecule has 0 aromatic rings. The van der Waals surface area contributed by atoms with Gasteiger partial charge in [0.2, 0.25) is 0 Å². The van der Waals surface area contributed by atoms with Crippen molar-refractivity contribution in [2.24, 2.45) is 0 Å². The summed E-state index contributed by atoms with van der Waals surface area (Å²) in [5.41, 5.74) is 0. The number of ether oxygens (including phenoxy) is 2. The molecule has 0 spiro atoms. The number of phosphoric ester groups is 1. The summed E-state index contributed by atoms with van der Waals surface area (Å²) in [7, 11) is -0.754. The summed E-state index contributed by atoms with van der Waals surface area (Å²) in [5.74, 6) is -0.899. The highest BCUT2D eigenvalue weighted by atomic mass is 31.2. The Hall–Kier alpha value is -2.55. The average molecular weight is 904 g/mol. The average Bonchev–Trinajstić information content (AvgIpc) is 3.25. The molecular formula is C53H94NO8P. The van der Waals surface area contributed by atoms with Gasteiger partial charge < -0.3 is 19.3 Å². The fourth-order valence-corrected chi connectivity index (χ4v) is 7.35. The van der Waals surface area contributed by atoms with Crippen molar-refractivity contribution in [3.05, 3.63) is 72.9 Å². The zero-order chi connectivity index (χ0) is 46.2. The highest BCUT2D eigenvalue weighted by Crippen LogP contribution is 2.43. The number of allylic oxidation sites excluding steroid dienone is 12. The zero-order valence-electron chi connectivity index (χ0n) is 40.7. The molecule has 0 radical (unpaired) electrons. The van der Waals surface area contributed by atoms with Gasteiger partial charge >= 0.3 is 19.8 Å². The van der Waals surface area contributed by atoms with Crippen molar-refractivity contribution in [1.29, 1.82) is 0 Å². The SMILES string of the molecule is CCCCC/C=C\C/C=C\C/C=C\C/C=C\C/C=C\CCC(=O)OC(COC(=O)CCCCCCCCCCCCC/C=C\CCCCCCCC)COP(=O)(O)OCCN(C)C. The van der Waals surface area contributed by atoms with Crippen LogP contribution in [0.1, 0.15) is 206 Å². The Morgan fingerprint density at radius 3 is 1.38 bits per heavy atom. The molecule has 1 N–H and O–H groups in total. The Balaban J connectivity index is 4.30. The molecule has 0 saturated carbocycles. The molecule has 2 atom stereocenters. The second-order valence-corrected chi connectivity index (χ2v) is 18.4. The molecule has 63 heavy (non-hydrogen) atoms. The Kier molecular flexibility index (Phi) is 45.5. The molecule has 10 heteroatoms. The third-order valence-corrected chi connectivity index (χ3v) is 11.5. The number of hydrogen-bond acceptors (Lipinski definition) is 8. The molecule has 364 valence electrons. The molecule has 0 aliphatic heterocycles. The van der Waals surface area contributed by atoms with Gasteiger partial charge in [-0.15, -0.1) is 0 Å². The first kappa shape index (κ1) is 60.5. The van der Waals surface area contributed by atoms with Crippen LogP contribution in [0.3, 0.4) is 0 Å². The summed E-state index contributed by atoms with van der Waals surface area (Å²) in [6, 6.07) is 0. The largest absolute Gasteiger partial charge is 0.472 e. The van der Waals surface area contributed by atoms with Crippen LogP contribution in [0.2, 0.25) is 0 Å². The third kappa shape index (κ3) is 48.7. The van der Waals surface area contributed by atoms with E-state index in [0.717, 1.165) is 44.9 Å². The molecule has 0 fully saturated rings. The second-order valence-electron chi connectivity index (χ2n) is 17.0. The number of nitrogens with zero attached hydrogens (tertiary/aromatic N) is 1. The first-order valence-electron chi connectivity index (χ1n) is 25.2. The fraction of sp³-hybridized carbons (Fsp3) is 0.736. The number of carbonyl (C=O) groups is 2. The smallest absolute Gasteiger partial charge is 0.462 e. The number of phosphoric acid groups is 1. The van der Waals surface area contributed by atoms with E-state index in [-0.39, 0.29) is 26.1 Å². The number of likely N-dealkylation sites (N-methyl/N-ethyl adjacent to an activating group) is 1. The van der Waals surface area contributed by atoms with Crippen molar-refractivity contribution in [1.82, 2.24) is 4.90 Å². The van der Waals surface area contributed by atoms with Gasteiger partial charge in [-0.2, -0.15) is 0 Å². The van der Waals surface area contributed by atoms with Crippen molar-refractivity contribution in [3.63, 3.8) is 0 Å². The van der Waals surface area contributed by atoms with Crippen LogP contribution in [0.5, 0.6) is 0 Å². The minimum atomic E-state index is -4.39. The van der Waals surface area contributed by atoms with Crippen LogP contribution in [-0.2, 0) is 32.7 Å². The van der Waals surface area contributed by atoms with E-state index < -0.39 is 32.5 Å². The van der Waals surface area contributed by atoms with E-state index in [0.29, 0.717) is 13.0 Å². The summed E-state index contributed by atoms with van der Waals surface area (Å²) in [4.78, 5) is 37.1. The van der Waals surface area contributed by atoms with E-state index >= 15 is 0 Å². The lowest BCUT2D eigenvalue weighted by atomic mass is 10.0. The van der Waals surface area contributed by atoms with E-state index in [2.05, 4.69) is 74.6 Å². The monoisotopic (exact) mass is 904 g/mol. The molecular weight excluding hydrogens is 810 g/mol. The molecule has 0 rings (SSSR count). The van der Waals surface area contributed by atoms with Crippen molar-refractivity contribution < 1.29 is 37.6 Å². The lowest BCUT2D eigenvalue weighted by molar-refractivity contribution is -0.161. The van der Waals surface area contributed by atoms with E-state index in [9.17, 15) is 19.0 Å². The van der Waals surface area contributed by atoms with Crippen molar-refractivity contribution >= 4 is 19.8 Å². The van der Waals surface area contributed by atoms with E-state index in [4.69, 9.17) is 18.5 Å². The quantitative estimate of drug-likeness (QED) is 0.0276. The van der Waals surface area contributed by atoms with E-state index in [1.807, 2.05) is 31.1 Å². The maximum atomic E-state index is 12.7. The van der Waals surface area contributed by atoms with Gasteiger partial charge in [-0.1, -0.05) is 189 Å². The van der Waals surface area contributed by atoms with Crippen LogP contribution in [-0.4, -0.2) is 68.3 Å². The number of rotatable bonds is 46. The standard InChI is InChI=1S/C53H94NO8P/c1-5-7-9-11-13-15-17-19-21-23-25-26-28-29-31-33-35-37-39-41-43-45-52(55)59-49-51(50-61-63(57,58)60-48-47-54(3)4)62-53(56)46-44-42-40-38-36-34-32-30-27-24-22-20-18-16-14-12-10-8-6-2/h14,16,19-22,27,30,34,36,40,42,51H,5-13,15,17-18,23-26,28-29,31-33,35,37-39,41,43-50H2,1-4H3,(H,57,58)/b16-14-,21-19-,22-20-,30-27-,36-34-,42-40-. The van der Waals surface area contributed by atoms with Gasteiger partial charge in [-0.05, 0) is 91.1 Å². The highest BCUT2D eigenvalue weighted by molar-refractivity contribution is 7.47. The van der Waals surface area contributed by atoms with Gasteiger partial charge in [0.15, 0.2) is 6.10 Å². The molecule has 0 bridgehead atoms. The van der Waals surface area contributed by atoms with E-state index in [1.54, 1.807) is 0 Å². The van der Waals surface area contributed by atoms with Gasteiger partial charge in [-0.25, -0.2) is 4.57 Å². The normalized spacial score (nSPS) is 13.9. The topological polar surface area (TPSA) is 112 Å². The van der Waals surface area contributed by atoms with Crippen LogP contribution in [0.25, 0.3) is 0 Å². The Morgan fingerprint density at radius 1 is 0.492 bits per heavy atom. The van der Waals surface area contributed by atoms with Gasteiger partial charge in [0.25, 0.3) is 0 Å². The van der Waals surface area contributed by atoms with Crippen LogP contribution in [0.15, 0.2) is 72.9 Å². The minimum Gasteiger partial charge on any atom is -0.462 e. The zero-order valence-corrected chi connectivity index (χ0v) is 41.6. The lowest BCUT2D eigenvalue weighted by Crippen LogP contribution is -2.29. The van der Waals surface area contributed by atoms with Crippen molar-refractivity contribution in [2.45, 2.75) is 213 Å². The molecule has 0 aromatic carbocycles. The molecule has 0 saturated heterocycles.